The van der Waals surface area contributed by atoms with Crippen molar-refractivity contribution < 1.29 is 18.3 Å². The van der Waals surface area contributed by atoms with Gasteiger partial charge in [0.1, 0.15) is 0 Å². The Morgan fingerprint density at radius 2 is 1.85 bits per heavy atom. The monoisotopic (exact) mass is 392 g/mol. The van der Waals surface area contributed by atoms with Gasteiger partial charge in [-0.25, -0.2) is 4.98 Å². The molecule has 0 aliphatic heterocycles. The van der Waals surface area contributed by atoms with E-state index in [1.165, 1.54) is 17.8 Å². The first kappa shape index (κ1) is 19.5. The molecule has 0 aliphatic carbocycles. The molecule has 0 fully saturated rings. The van der Waals surface area contributed by atoms with Crippen molar-refractivity contribution in [1.82, 2.24) is 9.55 Å². The van der Waals surface area contributed by atoms with Gasteiger partial charge in [0, 0.05) is 5.75 Å². The Morgan fingerprint density at radius 3 is 2.52 bits per heavy atom. The van der Waals surface area contributed by atoms with E-state index in [1.54, 1.807) is 12.3 Å². The van der Waals surface area contributed by atoms with Crippen LogP contribution in [0.5, 0.6) is 0 Å². The van der Waals surface area contributed by atoms with Crippen molar-refractivity contribution in [2.45, 2.75) is 36.7 Å². The Bertz CT molecular complexity index is 894. The molecule has 1 atom stereocenters. The van der Waals surface area contributed by atoms with E-state index in [0.29, 0.717) is 22.2 Å². The number of aromatic nitrogens is 2. The lowest BCUT2D eigenvalue weighted by atomic mass is 10.1. The molecule has 0 saturated carbocycles. The smallest absolute Gasteiger partial charge is 0.390 e. The summed E-state index contributed by atoms with van der Waals surface area (Å²) in [6.07, 6.45) is -2.75. The molecule has 0 aliphatic rings. The highest BCUT2D eigenvalue weighted by Crippen LogP contribution is 2.32. The number of rotatable bonds is 6. The number of benzene rings is 2. The lowest BCUT2D eigenvalue weighted by Crippen LogP contribution is -2.11. The number of aliphatic hydroxyl groups excluding tert-OH is 1. The average molecular weight is 392 g/mol. The third kappa shape index (κ3) is 4.54. The van der Waals surface area contributed by atoms with E-state index in [0.717, 1.165) is 17.7 Å². The molecule has 3 aromatic rings. The molecule has 3 nitrogen and oxygen atoms in total. The van der Waals surface area contributed by atoms with Crippen LogP contribution in [-0.4, -0.2) is 14.7 Å². The van der Waals surface area contributed by atoms with Gasteiger partial charge in [0.25, 0.3) is 0 Å². The summed E-state index contributed by atoms with van der Waals surface area (Å²) in [6.45, 7) is 1.85. The van der Waals surface area contributed by atoms with Crippen molar-refractivity contribution in [3.63, 3.8) is 0 Å². The first-order chi connectivity index (χ1) is 12.9. The summed E-state index contributed by atoms with van der Waals surface area (Å²) in [4.78, 5) is 4.36. The molecular weight excluding hydrogens is 373 g/mol. The van der Waals surface area contributed by atoms with Crippen molar-refractivity contribution in [3.8, 4) is 0 Å². The van der Waals surface area contributed by atoms with Gasteiger partial charge in [-0.2, -0.15) is 13.2 Å². The van der Waals surface area contributed by atoms with Crippen LogP contribution in [0.2, 0.25) is 0 Å². The van der Waals surface area contributed by atoms with Gasteiger partial charge in [0.15, 0.2) is 5.16 Å². The van der Waals surface area contributed by atoms with Gasteiger partial charge in [-0.1, -0.05) is 60.3 Å². The summed E-state index contributed by atoms with van der Waals surface area (Å²) in [5.41, 5.74) is 1.64. The third-order valence-electron chi connectivity index (χ3n) is 4.29. The molecule has 142 valence electrons. The van der Waals surface area contributed by atoms with E-state index in [1.807, 2.05) is 41.8 Å². The van der Waals surface area contributed by atoms with Crippen molar-refractivity contribution in [1.29, 1.82) is 0 Å². The SMILES string of the molecule is C[C@H](c1ccccc1)n1c(CO)cnc1SCc1cccc(C(F)(F)F)c1. The normalized spacial score (nSPS) is 12.9. The van der Waals surface area contributed by atoms with Crippen LogP contribution in [0.25, 0.3) is 0 Å². The fraction of sp³-hybridized carbons (Fsp3) is 0.250. The minimum atomic E-state index is -4.36. The van der Waals surface area contributed by atoms with Crippen LogP contribution < -0.4 is 0 Å². The average Bonchev–Trinajstić information content (AvgIpc) is 3.09. The van der Waals surface area contributed by atoms with Crippen LogP contribution in [0.15, 0.2) is 66.0 Å². The van der Waals surface area contributed by atoms with Crippen LogP contribution in [0, 0.1) is 0 Å². The zero-order chi connectivity index (χ0) is 19.4. The van der Waals surface area contributed by atoms with Gasteiger partial charge in [0.2, 0.25) is 0 Å². The van der Waals surface area contributed by atoms with Crippen molar-refractivity contribution in [2.24, 2.45) is 0 Å². The molecule has 0 bridgehead atoms. The number of thioether (sulfide) groups is 1. The number of alkyl halides is 3. The van der Waals surface area contributed by atoms with Crippen LogP contribution >= 0.6 is 11.8 Å². The minimum absolute atomic E-state index is 0.0557. The summed E-state index contributed by atoms with van der Waals surface area (Å²) >= 11 is 1.35. The molecule has 0 radical (unpaired) electrons. The van der Waals surface area contributed by atoms with Gasteiger partial charge in [-0.05, 0) is 24.1 Å². The van der Waals surface area contributed by atoms with Crippen molar-refractivity contribution in [2.75, 3.05) is 0 Å². The molecule has 0 saturated heterocycles. The Kier molecular flexibility index (Phi) is 5.92. The predicted octanol–water partition coefficient (Wildman–Crippen LogP) is 5.30. The van der Waals surface area contributed by atoms with Gasteiger partial charge in [0.05, 0.1) is 30.1 Å². The Hall–Kier alpha value is -2.25. The van der Waals surface area contributed by atoms with Crippen LogP contribution in [0.1, 0.15) is 35.3 Å². The molecule has 0 amide bonds. The first-order valence-electron chi connectivity index (χ1n) is 8.41. The van der Waals surface area contributed by atoms with Gasteiger partial charge in [-0.15, -0.1) is 0 Å². The lowest BCUT2D eigenvalue weighted by Gasteiger charge is -2.19. The Morgan fingerprint density at radius 1 is 1.11 bits per heavy atom. The topological polar surface area (TPSA) is 38.0 Å². The molecule has 7 heteroatoms. The Labute approximate surface area is 159 Å². The van der Waals surface area contributed by atoms with Gasteiger partial charge < -0.3 is 9.67 Å². The first-order valence-corrected chi connectivity index (χ1v) is 9.39. The van der Waals surface area contributed by atoms with E-state index < -0.39 is 11.7 Å². The number of imidazole rings is 1. The summed E-state index contributed by atoms with van der Waals surface area (Å²) in [5.74, 6) is 0.354. The maximum Gasteiger partial charge on any atom is 0.416 e. The number of hydrogen-bond acceptors (Lipinski definition) is 3. The summed E-state index contributed by atoms with van der Waals surface area (Å²) in [5, 5.41) is 10.3. The van der Waals surface area contributed by atoms with Crippen LogP contribution in [0.3, 0.4) is 0 Å². The highest BCUT2D eigenvalue weighted by molar-refractivity contribution is 7.98. The van der Waals surface area contributed by atoms with Crippen molar-refractivity contribution >= 4 is 11.8 Å². The zero-order valence-electron chi connectivity index (χ0n) is 14.6. The fourth-order valence-corrected chi connectivity index (χ4v) is 3.90. The molecular formula is C20H19F3N2OS. The number of hydrogen-bond donors (Lipinski definition) is 1. The van der Waals surface area contributed by atoms with Gasteiger partial charge >= 0.3 is 6.18 Å². The Balaban J connectivity index is 1.83. The zero-order valence-corrected chi connectivity index (χ0v) is 15.5. The molecule has 0 spiro atoms. The van der Waals surface area contributed by atoms with Crippen LogP contribution in [0.4, 0.5) is 13.2 Å². The van der Waals surface area contributed by atoms with E-state index in [4.69, 9.17) is 0 Å². The largest absolute Gasteiger partial charge is 0.416 e. The molecule has 1 aromatic heterocycles. The summed E-state index contributed by atoms with van der Waals surface area (Å²) in [6, 6.07) is 15.1. The fourth-order valence-electron chi connectivity index (χ4n) is 2.88. The van der Waals surface area contributed by atoms with E-state index in [2.05, 4.69) is 4.98 Å². The predicted molar refractivity (Wildman–Crippen MR) is 99.4 cm³/mol. The quantitative estimate of drug-likeness (QED) is 0.579. The lowest BCUT2D eigenvalue weighted by molar-refractivity contribution is -0.137. The number of aliphatic hydroxyl groups is 1. The highest BCUT2D eigenvalue weighted by Gasteiger charge is 2.30. The molecule has 2 aromatic carbocycles. The second-order valence-corrected chi connectivity index (χ2v) is 7.08. The van der Waals surface area contributed by atoms with Crippen LogP contribution in [-0.2, 0) is 18.5 Å². The second-order valence-electron chi connectivity index (χ2n) is 6.13. The second kappa shape index (κ2) is 8.19. The molecule has 1 N–H and O–H groups in total. The maximum atomic E-state index is 12.9. The molecule has 1 heterocycles. The summed E-state index contributed by atoms with van der Waals surface area (Å²) in [7, 11) is 0. The third-order valence-corrected chi connectivity index (χ3v) is 5.33. The van der Waals surface area contributed by atoms with E-state index in [-0.39, 0.29) is 12.6 Å². The standard InChI is InChI=1S/C20H19F3N2OS/c1-14(16-7-3-2-4-8-16)25-18(12-26)11-24-19(25)27-13-15-6-5-9-17(10-15)20(21,22)23/h2-11,14,26H,12-13H2,1H3/t14-/m1/s1. The molecule has 0 unspecified atom stereocenters. The number of nitrogens with zero attached hydrogens (tertiary/aromatic N) is 2. The highest BCUT2D eigenvalue weighted by atomic mass is 32.2. The maximum absolute atomic E-state index is 12.9. The molecule has 27 heavy (non-hydrogen) atoms. The summed E-state index contributed by atoms with van der Waals surface area (Å²) < 4.78 is 40.6. The van der Waals surface area contributed by atoms with Gasteiger partial charge in [-0.3, -0.25) is 0 Å². The van der Waals surface area contributed by atoms with E-state index in [9.17, 15) is 18.3 Å². The van der Waals surface area contributed by atoms with Crippen molar-refractivity contribution in [3.05, 3.63) is 83.2 Å². The number of halogens is 3. The van der Waals surface area contributed by atoms with E-state index >= 15 is 0 Å². The minimum Gasteiger partial charge on any atom is -0.390 e. The molecule has 3 rings (SSSR count).